The van der Waals surface area contributed by atoms with Gasteiger partial charge in [-0.1, -0.05) is 47.1 Å². The van der Waals surface area contributed by atoms with Crippen molar-refractivity contribution in [2.45, 2.75) is 32.1 Å². The SMILES string of the molecule is Cc1cccc(NC(=O)CSc2nnc([C@H](C)Oc3ccc(Cl)cc3Cl)o2)c1C. The molecule has 1 N–H and O–H groups in total. The number of carbonyl (C=O) groups excluding carboxylic acids is 1. The van der Waals surface area contributed by atoms with Crippen LogP contribution < -0.4 is 10.1 Å². The van der Waals surface area contributed by atoms with Gasteiger partial charge in [0.15, 0.2) is 6.10 Å². The van der Waals surface area contributed by atoms with Gasteiger partial charge >= 0.3 is 0 Å². The first-order valence-corrected chi connectivity index (χ1v) is 10.5. The van der Waals surface area contributed by atoms with E-state index in [2.05, 4.69) is 15.5 Å². The maximum absolute atomic E-state index is 12.2. The molecule has 9 heteroatoms. The van der Waals surface area contributed by atoms with Gasteiger partial charge in [-0.2, -0.15) is 0 Å². The highest BCUT2D eigenvalue weighted by Crippen LogP contribution is 2.31. The molecule has 0 radical (unpaired) electrons. The highest BCUT2D eigenvalue weighted by Gasteiger charge is 2.18. The molecule has 1 amide bonds. The number of rotatable bonds is 7. The minimum absolute atomic E-state index is 0.146. The molecule has 3 aromatic rings. The van der Waals surface area contributed by atoms with E-state index in [1.807, 2.05) is 32.0 Å². The van der Waals surface area contributed by atoms with E-state index in [1.54, 1.807) is 25.1 Å². The maximum Gasteiger partial charge on any atom is 0.277 e. The Labute approximate surface area is 182 Å². The molecule has 1 atom stereocenters. The van der Waals surface area contributed by atoms with Crippen LogP contribution in [0.15, 0.2) is 46.0 Å². The summed E-state index contributed by atoms with van der Waals surface area (Å²) in [5.41, 5.74) is 2.95. The average Bonchev–Trinajstić information content (AvgIpc) is 3.15. The first-order valence-electron chi connectivity index (χ1n) is 8.77. The Kier molecular flexibility index (Phi) is 7.05. The topological polar surface area (TPSA) is 77.2 Å². The van der Waals surface area contributed by atoms with Gasteiger partial charge in [-0.15, -0.1) is 10.2 Å². The van der Waals surface area contributed by atoms with E-state index in [0.717, 1.165) is 28.6 Å². The monoisotopic (exact) mass is 451 g/mol. The molecule has 152 valence electrons. The lowest BCUT2D eigenvalue weighted by Gasteiger charge is -2.12. The maximum atomic E-state index is 12.2. The van der Waals surface area contributed by atoms with Crippen molar-refractivity contribution in [3.05, 3.63) is 63.5 Å². The molecule has 0 unspecified atom stereocenters. The van der Waals surface area contributed by atoms with Gasteiger partial charge in [0.2, 0.25) is 5.91 Å². The highest BCUT2D eigenvalue weighted by atomic mass is 35.5. The molecule has 0 fully saturated rings. The third kappa shape index (κ3) is 5.65. The van der Waals surface area contributed by atoms with Crippen LogP contribution in [0.4, 0.5) is 5.69 Å². The number of nitrogens with zero attached hydrogens (tertiary/aromatic N) is 2. The summed E-state index contributed by atoms with van der Waals surface area (Å²) in [5, 5.41) is 12.0. The van der Waals surface area contributed by atoms with Crippen molar-refractivity contribution in [3.8, 4) is 5.75 Å². The van der Waals surface area contributed by atoms with E-state index in [0.29, 0.717) is 15.8 Å². The average molecular weight is 452 g/mol. The molecule has 0 aliphatic carbocycles. The van der Waals surface area contributed by atoms with Gasteiger partial charge in [0.1, 0.15) is 5.75 Å². The smallest absolute Gasteiger partial charge is 0.277 e. The normalized spacial score (nSPS) is 11.9. The minimum Gasteiger partial charge on any atom is -0.479 e. The number of benzene rings is 2. The fourth-order valence-electron chi connectivity index (χ4n) is 2.45. The summed E-state index contributed by atoms with van der Waals surface area (Å²) in [6.45, 7) is 5.73. The summed E-state index contributed by atoms with van der Waals surface area (Å²) in [7, 11) is 0. The Morgan fingerprint density at radius 3 is 2.79 bits per heavy atom. The molecule has 0 aliphatic rings. The van der Waals surface area contributed by atoms with Crippen LogP contribution in [0.2, 0.25) is 10.0 Å². The Balaban J connectivity index is 1.55. The number of amides is 1. The van der Waals surface area contributed by atoms with E-state index >= 15 is 0 Å². The lowest BCUT2D eigenvalue weighted by molar-refractivity contribution is -0.113. The summed E-state index contributed by atoms with van der Waals surface area (Å²) >= 11 is 13.2. The van der Waals surface area contributed by atoms with Gasteiger partial charge in [-0.05, 0) is 56.2 Å². The number of carbonyl (C=O) groups is 1. The van der Waals surface area contributed by atoms with Crippen LogP contribution in [0, 0.1) is 13.8 Å². The van der Waals surface area contributed by atoms with E-state index in [4.69, 9.17) is 32.4 Å². The number of ether oxygens (including phenoxy) is 1. The lowest BCUT2D eigenvalue weighted by atomic mass is 10.1. The van der Waals surface area contributed by atoms with Crippen molar-refractivity contribution >= 4 is 46.6 Å². The van der Waals surface area contributed by atoms with Crippen molar-refractivity contribution in [2.75, 3.05) is 11.1 Å². The number of halogens is 2. The number of thioether (sulfide) groups is 1. The zero-order valence-corrected chi connectivity index (χ0v) is 18.4. The molecule has 0 aliphatic heterocycles. The Hall–Kier alpha value is -2.22. The molecule has 3 rings (SSSR count). The van der Waals surface area contributed by atoms with Crippen LogP contribution in [0.5, 0.6) is 5.75 Å². The third-order valence-corrected chi connectivity index (χ3v) is 5.52. The van der Waals surface area contributed by atoms with E-state index < -0.39 is 6.10 Å². The largest absolute Gasteiger partial charge is 0.479 e. The fourth-order valence-corrected chi connectivity index (χ4v) is 3.48. The predicted octanol–water partition coefficient (Wildman–Crippen LogP) is 5.86. The van der Waals surface area contributed by atoms with Gasteiger partial charge in [0.25, 0.3) is 11.1 Å². The lowest BCUT2D eigenvalue weighted by Crippen LogP contribution is -2.15. The van der Waals surface area contributed by atoms with Crippen LogP contribution in [0.25, 0.3) is 0 Å². The van der Waals surface area contributed by atoms with Crippen LogP contribution in [-0.4, -0.2) is 21.9 Å². The number of nitrogens with one attached hydrogen (secondary N) is 1. The first-order chi connectivity index (χ1) is 13.8. The molecule has 0 bridgehead atoms. The van der Waals surface area contributed by atoms with Gasteiger partial charge in [-0.25, -0.2) is 0 Å². The van der Waals surface area contributed by atoms with Crippen LogP contribution in [-0.2, 0) is 4.79 Å². The minimum atomic E-state index is -0.515. The third-order valence-electron chi connectivity index (χ3n) is 4.17. The standard InChI is InChI=1S/C20H19Cl2N3O3S/c1-11-5-4-6-16(12(11)2)23-18(26)10-29-20-25-24-19(28-20)13(3)27-17-8-7-14(21)9-15(17)22/h4-9,13H,10H2,1-3H3,(H,23,26)/t13-/m0/s1. The second-order valence-electron chi connectivity index (χ2n) is 6.33. The summed E-state index contributed by atoms with van der Waals surface area (Å²) in [5.74, 6) is 0.741. The van der Waals surface area contributed by atoms with Crippen molar-refractivity contribution < 1.29 is 13.9 Å². The Morgan fingerprint density at radius 2 is 2.03 bits per heavy atom. The summed E-state index contributed by atoms with van der Waals surface area (Å²) in [6.07, 6.45) is -0.515. The van der Waals surface area contributed by atoms with Crippen molar-refractivity contribution in [2.24, 2.45) is 0 Å². The number of aryl methyl sites for hydroxylation is 1. The second-order valence-corrected chi connectivity index (χ2v) is 8.10. The molecule has 0 saturated carbocycles. The molecule has 0 saturated heterocycles. The van der Waals surface area contributed by atoms with Crippen LogP contribution in [0.3, 0.4) is 0 Å². The van der Waals surface area contributed by atoms with Crippen molar-refractivity contribution in [1.82, 2.24) is 10.2 Å². The molecule has 2 aromatic carbocycles. The number of aromatic nitrogens is 2. The van der Waals surface area contributed by atoms with E-state index in [1.165, 1.54) is 0 Å². The Morgan fingerprint density at radius 1 is 1.24 bits per heavy atom. The van der Waals surface area contributed by atoms with Crippen molar-refractivity contribution in [1.29, 1.82) is 0 Å². The molecule has 29 heavy (non-hydrogen) atoms. The van der Waals surface area contributed by atoms with Gasteiger partial charge in [0, 0.05) is 10.7 Å². The molecule has 6 nitrogen and oxygen atoms in total. The second kappa shape index (κ2) is 9.52. The van der Waals surface area contributed by atoms with E-state index in [9.17, 15) is 4.79 Å². The van der Waals surface area contributed by atoms with Crippen LogP contribution >= 0.6 is 35.0 Å². The molecule has 1 heterocycles. The predicted molar refractivity (Wildman–Crippen MR) is 115 cm³/mol. The molecular formula is C20H19Cl2N3O3S. The van der Waals surface area contributed by atoms with Crippen LogP contribution in [0.1, 0.15) is 30.0 Å². The van der Waals surface area contributed by atoms with Crippen molar-refractivity contribution in [3.63, 3.8) is 0 Å². The molecule has 0 spiro atoms. The highest BCUT2D eigenvalue weighted by molar-refractivity contribution is 7.99. The number of hydrogen-bond acceptors (Lipinski definition) is 6. The zero-order chi connectivity index (χ0) is 21.0. The molecular weight excluding hydrogens is 433 g/mol. The zero-order valence-electron chi connectivity index (χ0n) is 16.0. The summed E-state index contributed by atoms with van der Waals surface area (Å²) in [6, 6.07) is 10.7. The quantitative estimate of drug-likeness (QED) is 0.452. The number of anilines is 1. The number of hydrogen-bond donors (Lipinski definition) is 1. The fraction of sp³-hybridized carbons (Fsp3) is 0.250. The van der Waals surface area contributed by atoms with E-state index in [-0.39, 0.29) is 22.8 Å². The summed E-state index contributed by atoms with van der Waals surface area (Å²) < 4.78 is 11.3. The molecule has 1 aromatic heterocycles. The van der Waals surface area contributed by atoms with Gasteiger partial charge < -0.3 is 14.5 Å². The Bertz CT molecular complexity index is 1030. The summed E-state index contributed by atoms with van der Waals surface area (Å²) in [4.78, 5) is 12.2. The first kappa shape index (κ1) is 21.5. The van der Waals surface area contributed by atoms with Gasteiger partial charge in [0.05, 0.1) is 10.8 Å². The van der Waals surface area contributed by atoms with Gasteiger partial charge in [-0.3, -0.25) is 4.79 Å².